The fourth-order valence-corrected chi connectivity index (χ4v) is 3.97. The first-order valence-electron chi connectivity index (χ1n) is 10.5. The van der Waals surface area contributed by atoms with Crippen molar-refractivity contribution < 1.29 is 19.1 Å². The third-order valence-electron chi connectivity index (χ3n) is 5.12. The van der Waals surface area contributed by atoms with Crippen molar-refractivity contribution in [2.24, 2.45) is 5.92 Å². The summed E-state index contributed by atoms with van der Waals surface area (Å²) in [5, 5.41) is 0. The van der Waals surface area contributed by atoms with Gasteiger partial charge in [0.05, 0.1) is 6.61 Å². The van der Waals surface area contributed by atoms with Crippen LogP contribution in [0.15, 0.2) is 30.3 Å². The Morgan fingerprint density at radius 1 is 1.14 bits per heavy atom. The lowest BCUT2D eigenvalue weighted by Crippen LogP contribution is -2.48. The number of unbranched alkanes of at least 4 members (excludes halogenated alkanes) is 1. The molecule has 1 aromatic carbocycles. The van der Waals surface area contributed by atoms with E-state index in [9.17, 15) is 9.59 Å². The second kappa shape index (κ2) is 9.94. The number of hydrogen-bond acceptors (Lipinski definition) is 4. The Labute approximate surface area is 169 Å². The molecule has 1 aromatic rings. The Bertz CT molecular complexity index is 638. The lowest BCUT2D eigenvalue weighted by molar-refractivity contribution is -0.148. The molecule has 28 heavy (non-hydrogen) atoms. The average Bonchev–Trinajstić information content (AvgIpc) is 2.98. The maximum atomic E-state index is 13.0. The normalized spacial score (nSPS) is 22.2. The van der Waals surface area contributed by atoms with E-state index < -0.39 is 17.7 Å². The number of esters is 1. The third kappa shape index (κ3) is 5.98. The van der Waals surface area contributed by atoms with E-state index in [0.717, 1.165) is 25.7 Å². The molecule has 1 amide bonds. The van der Waals surface area contributed by atoms with Gasteiger partial charge in [0.1, 0.15) is 11.6 Å². The number of likely N-dealkylation sites (tertiary alicyclic amines) is 1. The number of amides is 1. The Morgan fingerprint density at radius 3 is 2.39 bits per heavy atom. The molecule has 0 radical (unpaired) electrons. The molecule has 1 saturated heterocycles. The van der Waals surface area contributed by atoms with Gasteiger partial charge in [0.25, 0.3) is 0 Å². The predicted molar refractivity (Wildman–Crippen MR) is 110 cm³/mol. The standard InChI is InChI=1S/C23H35NO4/c1-6-8-14-19-18(15-17-12-10-9-11-13-17)16-20(21(25)27-7-2)24(19)22(26)28-23(3,4)5/h9-13,18-20H,6-8,14-16H2,1-5H3/t18-,19+,20-/m0/s1. The second-order valence-electron chi connectivity index (χ2n) is 8.55. The summed E-state index contributed by atoms with van der Waals surface area (Å²) in [6.07, 6.45) is 3.95. The Balaban J connectivity index is 2.31. The number of carbonyl (C=O) groups is 2. The predicted octanol–water partition coefficient (Wildman–Crippen LogP) is 4.98. The van der Waals surface area contributed by atoms with Crippen LogP contribution >= 0.6 is 0 Å². The van der Waals surface area contributed by atoms with Gasteiger partial charge in [-0.1, -0.05) is 50.1 Å². The molecule has 1 heterocycles. The van der Waals surface area contributed by atoms with Crippen LogP contribution in [0.3, 0.4) is 0 Å². The zero-order chi connectivity index (χ0) is 20.7. The van der Waals surface area contributed by atoms with Gasteiger partial charge in [0.15, 0.2) is 0 Å². The molecule has 5 nitrogen and oxygen atoms in total. The molecule has 0 spiro atoms. The van der Waals surface area contributed by atoms with Crippen LogP contribution in [0.5, 0.6) is 0 Å². The highest BCUT2D eigenvalue weighted by Gasteiger charge is 2.48. The van der Waals surface area contributed by atoms with Crippen LogP contribution in [-0.4, -0.2) is 41.3 Å². The van der Waals surface area contributed by atoms with Crippen LogP contribution in [0.2, 0.25) is 0 Å². The molecule has 5 heteroatoms. The second-order valence-corrected chi connectivity index (χ2v) is 8.55. The van der Waals surface area contributed by atoms with Crippen LogP contribution < -0.4 is 0 Å². The van der Waals surface area contributed by atoms with Gasteiger partial charge in [-0.25, -0.2) is 9.59 Å². The van der Waals surface area contributed by atoms with Crippen LogP contribution in [0.1, 0.15) is 65.9 Å². The minimum absolute atomic E-state index is 0.0237. The van der Waals surface area contributed by atoms with E-state index in [1.807, 2.05) is 39.0 Å². The fourth-order valence-electron chi connectivity index (χ4n) is 3.97. The SMILES string of the molecule is CCCC[C@@H]1[C@@H](Cc2ccccc2)C[C@@H](C(=O)OCC)N1C(=O)OC(C)(C)C. The van der Waals surface area contributed by atoms with E-state index in [-0.39, 0.29) is 17.9 Å². The highest BCUT2D eigenvalue weighted by atomic mass is 16.6. The van der Waals surface area contributed by atoms with Crippen LogP contribution in [-0.2, 0) is 20.7 Å². The van der Waals surface area contributed by atoms with Crippen LogP contribution in [0, 0.1) is 5.92 Å². The zero-order valence-corrected chi connectivity index (χ0v) is 17.9. The summed E-state index contributed by atoms with van der Waals surface area (Å²) in [5.74, 6) is -0.124. The summed E-state index contributed by atoms with van der Waals surface area (Å²) in [5.41, 5.74) is 0.617. The molecule has 0 bridgehead atoms. The first-order chi connectivity index (χ1) is 13.3. The molecule has 0 aromatic heterocycles. The molecule has 1 fully saturated rings. The minimum Gasteiger partial charge on any atom is -0.464 e. The van der Waals surface area contributed by atoms with Crippen molar-refractivity contribution in [3.8, 4) is 0 Å². The van der Waals surface area contributed by atoms with Gasteiger partial charge < -0.3 is 9.47 Å². The quantitative estimate of drug-likeness (QED) is 0.617. The molecule has 0 saturated carbocycles. The van der Waals surface area contributed by atoms with Crippen molar-refractivity contribution in [2.75, 3.05) is 6.61 Å². The smallest absolute Gasteiger partial charge is 0.411 e. The van der Waals surface area contributed by atoms with E-state index in [0.29, 0.717) is 13.0 Å². The van der Waals surface area contributed by atoms with E-state index in [2.05, 4.69) is 19.1 Å². The first-order valence-corrected chi connectivity index (χ1v) is 10.5. The number of rotatable bonds is 7. The van der Waals surface area contributed by atoms with Crippen molar-refractivity contribution in [3.05, 3.63) is 35.9 Å². The van der Waals surface area contributed by atoms with Gasteiger partial charge in [-0.15, -0.1) is 0 Å². The van der Waals surface area contributed by atoms with Crippen molar-refractivity contribution in [2.45, 2.75) is 84.4 Å². The third-order valence-corrected chi connectivity index (χ3v) is 5.12. The number of benzene rings is 1. The molecule has 0 aliphatic carbocycles. The first kappa shape index (κ1) is 22.3. The lowest BCUT2D eigenvalue weighted by Gasteiger charge is -2.33. The summed E-state index contributed by atoms with van der Waals surface area (Å²) in [7, 11) is 0. The van der Waals surface area contributed by atoms with Crippen molar-refractivity contribution >= 4 is 12.1 Å². The van der Waals surface area contributed by atoms with Gasteiger partial charge in [0, 0.05) is 6.04 Å². The molecular formula is C23H35NO4. The Hall–Kier alpha value is -2.04. The summed E-state index contributed by atoms with van der Waals surface area (Å²) >= 11 is 0. The summed E-state index contributed by atoms with van der Waals surface area (Å²) in [6.45, 7) is 9.79. The Kier molecular flexibility index (Phi) is 7.90. The highest BCUT2D eigenvalue weighted by molar-refractivity contribution is 5.82. The topological polar surface area (TPSA) is 55.8 Å². The average molecular weight is 390 g/mol. The summed E-state index contributed by atoms with van der Waals surface area (Å²) in [6, 6.07) is 9.66. The molecule has 1 aliphatic heterocycles. The molecule has 1 aliphatic rings. The number of nitrogens with zero attached hydrogens (tertiary/aromatic N) is 1. The number of ether oxygens (including phenoxy) is 2. The van der Waals surface area contributed by atoms with Crippen molar-refractivity contribution in [1.82, 2.24) is 4.90 Å². The number of hydrogen-bond donors (Lipinski definition) is 0. The van der Waals surface area contributed by atoms with Gasteiger partial charge in [0.2, 0.25) is 0 Å². The molecule has 3 atom stereocenters. The molecule has 2 rings (SSSR count). The number of carbonyl (C=O) groups excluding carboxylic acids is 2. The van der Waals surface area contributed by atoms with E-state index in [1.165, 1.54) is 5.56 Å². The van der Waals surface area contributed by atoms with E-state index >= 15 is 0 Å². The van der Waals surface area contributed by atoms with Crippen molar-refractivity contribution in [3.63, 3.8) is 0 Å². The van der Waals surface area contributed by atoms with Gasteiger partial charge >= 0.3 is 12.1 Å². The van der Waals surface area contributed by atoms with Gasteiger partial charge in [-0.3, -0.25) is 4.90 Å². The highest BCUT2D eigenvalue weighted by Crippen LogP contribution is 2.37. The largest absolute Gasteiger partial charge is 0.464 e. The maximum Gasteiger partial charge on any atom is 0.411 e. The Morgan fingerprint density at radius 2 is 1.82 bits per heavy atom. The summed E-state index contributed by atoms with van der Waals surface area (Å²) < 4.78 is 11.0. The summed E-state index contributed by atoms with van der Waals surface area (Å²) in [4.78, 5) is 27.4. The maximum absolute atomic E-state index is 13.0. The van der Waals surface area contributed by atoms with Crippen molar-refractivity contribution in [1.29, 1.82) is 0 Å². The lowest BCUT2D eigenvalue weighted by atomic mass is 9.89. The van der Waals surface area contributed by atoms with Crippen LogP contribution in [0.4, 0.5) is 4.79 Å². The fraction of sp³-hybridized carbons (Fsp3) is 0.652. The van der Waals surface area contributed by atoms with Gasteiger partial charge in [-0.05, 0) is 58.4 Å². The van der Waals surface area contributed by atoms with Gasteiger partial charge in [-0.2, -0.15) is 0 Å². The molecule has 156 valence electrons. The minimum atomic E-state index is -0.608. The van der Waals surface area contributed by atoms with E-state index in [4.69, 9.17) is 9.47 Å². The van der Waals surface area contributed by atoms with E-state index in [1.54, 1.807) is 11.8 Å². The zero-order valence-electron chi connectivity index (χ0n) is 17.9. The monoisotopic (exact) mass is 389 g/mol. The molecule has 0 unspecified atom stereocenters. The van der Waals surface area contributed by atoms with Crippen LogP contribution in [0.25, 0.3) is 0 Å². The molecule has 0 N–H and O–H groups in total. The molecular weight excluding hydrogens is 354 g/mol.